The Balaban J connectivity index is 1.40. The van der Waals surface area contributed by atoms with Gasteiger partial charge in [0.25, 0.3) is 5.91 Å². The van der Waals surface area contributed by atoms with Crippen molar-refractivity contribution in [3.05, 3.63) is 36.0 Å². The molecule has 1 aromatic carbocycles. The van der Waals surface area contributed by atoms with E-state index in [-0.39, 0.29) is 11.9 Å². The number of hydrazine groups is 1. The lowest BCUT2D eigenvalue weighted by molar-refractivity contribution is 0.0148. The minimum atomic E-state index is 0.0322. The number of carbonyl (C=O) groups is 1. The van der Waals surface area contributed by atoms with Gasteiger partial charge in [-0.2, -0.15) is 0 Å². The Bertz CT molecular complexity index is 801. The molecule has 2 bridgehead atoms. The fourth-order valence-corrected chi connectivity index (χ4v) is 4.55. The molecule has 0 saturated carbocycles. The SMILES string of the molecule is O=C(NC1C[C@H]2COC[C@@H](C1)N2)c1cn(C2CNNC2)c2ccccc12. The molecule has 4 heterocycles. The van der Waals surface area contributed by atoms with Gasteiger partial charge in [0.05, 0.1) is 24.8 Å². The van der Waals surface area contributed by atoms with Crippen LogP contribution < -0.4 is 21.5 Å². The van der Waals surface area contributed by atoms with Crippen LogP contribution in [0.3, 0.4) is 0 Å². The van der Waals surface area contributed by atoms with Gasteiger partial charge in [0.2, 0.25) is 0 Å². The predicted octanol–water partition coefficient (Wildman–Crippen LogP) is 0.539. The van der Waals surface area contributed by atoms with E-state index >= 15 is 0 Å². The number of amides is 1. The molecule has 3 aliphatic rings. The van der Waals surface area contributed by atoms with Gasteiger partial charge in [0.15, 0.2) is 0 Å². The summed E-state index contributed by atoms with van der Waals surface area (Å²) in [5, 5.41) is 7.88. The summed E-state index contributed by atoms with van der Waals surface area (Å²) in [6.07, 6.45) is 3.87. The molecule has 0 aliphatic carbocycles. The number of hydrogen-bond acceptors (Lipinski definition) is 5. The molecule has 2 aromatic rings. The second-order valence-electron chi connectivity index (χ2n) is 7.62. The van der Waals surface area contributed by atoms with E-state index in [1.165, 1.54) is 0 Å². The quantitative estimate of drug-likeness (QED) is 0.646. The molecular weight excluding hydrogens is 330 g/mol. The lowest BCUT2D eigenvalue weighted by Crippen LogP contribution is -2.58. The van der Waals surface area contributed by atoms with Gasteiger partial charge in [-0.05, 0) is 18.9 Å². The highest BCUT2D eigenvalue weighted by molar-refractivity contribution is 6.07. The van der Waals surface area contributed by atoms with Crippen LogP contribution in [0.2, 0.25) is 0 Å². The number of aromatic nitrogens is 1. The minimum absolute atomic E-state index is 0.0322. The summed E-state index contributed by atoms with van der Waals surface area (Å²) in [6.45, 7) is 3.20. The van der Waals surface area contributed by atoms with E-state index in [1.807, 2.05) is 24.4 Å². The lowest BCUT2D eigenvalue weighted by atomic mass is 9.92. The molecule has 7 nitrogen and oxygen atoms in total. The summed E-state index contributed by atoms with van der Waals surface area (Å²) in [4.78, 5) is 13.1. The van der Waals surface area contributed by atoms with Crippen molar-refractivity contribution in [3.8, 4) is 0 Å². The van der Waals surface area contributed by atoms with Crippen molar-refractivity contribution in [2.24, 2.45) is 0 Å². The van der Waals surface area contributed by atoms with Crippen LogP contribution in [0.4, 0.5) is 0 Å². The molecule has 1 aromatic heterocycles. The standard InChI is InChI=1S/C19H25N5O2/c25-19(23-12-5-13-10-26-11-14(6-12)22-13)17-9-24(15-7-20-21-8-15)18-4-2-1-3-16(17)18/h1-4,9,12-15,20-22H,5-8,10-11H2,(H,23,25)/t12?,13-,14+. The maximum atomic E-state index is 13.1. The number of nitrogens with zero attached hydrogens (tertiary/aromatic N) is 1. The topological polar surface area (TPSA) is 79.3 Å². The third-order valence-electron chi connectivity index (χ3n) is 5.76. The Labute approximate surface area is 152 Å². The zero-order chi connectivity index (χ0) is 17.5. The average Bonchev–Trinajstić information content (AvgIpc) is 3.29. The van der Waals surface area contributed by atoms with E-state index < -0.39 is 0 Å². The molecule has 3 saturated heterocycles. The van der Waals surface area contributed by atoms with E-state index in [0.717, 1.165) is 55.6 Å². The van der Waals surface area contributed by atoms with Crippen LogP contribution in [0.15, 0.2) is 30.5 Å². The van der Waals surface area contributed by atoms with Gasteiger partial charge in [0.1, 0.15) is 0 Å². The molecule has 0 spiro atoms. The van der Waals surface area contributed by atoms with Crippen LogP contribution in [-0.4, -0.2) is 54.9 Å². The summed E-state index contributed by atoms with van der Waals surface area (Å²) in [5.74, 6) is 0.0322. The van der Waals surface area contributed by atoms with Gasteiger partial charge < -0.3 is 19.9 Å². The fraction of sp³-hybridized carbons (Fsp3) is 0.526. The summed E-state index contributed by atoms with van der Waals surface area (Å²) in [6, 6.07) is 9.40. The molecule has 3 atom stereocenters. The highest BCUT2D eigenvalue weighted by Gasteiger charge is 2.33. The van der Waals surface area contributed by atoms with Crippen LogP contribution in [0.25, 0.3) is 10.9 Å². The summed E-state index contributed by atoms with van der Waals surface area (Å²) in [7, 11) is 0. The van der Waals surface area contributed by atoms with Crippen LogP contribution >= 0.6 is 0 Å². The van der Waals surface area contributed by atoms with E-state index in [4.69, 9.17) is 4.74 Å². The molecule has 5 rings (SSSR count). The van der Waals surface area contributed by atoms with Crippen LogP contribution in [0, 0.1) is 0 Å². The van der Waals surface area contributed by atoms with Crippen LogP contribution in [0.1, 0.15) is 29.2 Å². The number of para-hydroxylation sites is 1. The fourth-order valence-electron chi connectivity index (χ4n) is 4.55. The third kappa shape index (κ3) is 2.91. The molecule has 3 fully saturated rings. The number of fused-ring (bicyclic) bond motifs is 3. The Morgan fingerprint density at radius 3 is 2.62 bits per heavy atom. The Hall–Kier alpha value is -1.93. The maximum absolute atomic E-state index is 13.1. The zero-order valence-electron chi connectivity index (χ0n) is 14.7. The summed E-state index contributed by atoms with van der Waals surface area (Å²) >= 11 is 0. The van der Waals surface area contributed by atoms with Crippen molar-refractivity contribution in [1.29, 1.82) is 0 Å². The molecule has 26 heavy (non-hydrogen) atoms. The number of ether oxygens (including phenoxy) is 1. The summed E-state index contributed by atoms with van der Waals surface area (Å²) < 4.78 is 7.83. The monoisotopic (exact) mass is 355 g/mol. The van der Waals surface area contributed by atoms with E-state index in [1.54, 1.807) is 0 Å². The first-order valence-corrected chi connectivity index (χ1v) is 9.48. The normalized spacial score (nSPS) is 29.2. The van der Waals surface area contributed by atoms with Gasteiger partial charge in [-0.25, -0.2) is 0 Å². The maximum Gasteiger partial charge on any atom is 0.253 e. The number of morpholine rings is 1. The second kappa shape index (κ2) is 6.66. The summed E-state index contributed by atoms with van der Waals surface area (Å²) in [5.41, 5.74) is 8.23. The van der Waals surface area contributed by atoms with Gasteiger partial charge in [-0.15, -0.1) is 0 Å². The van der Waals surface area contributed by atoms with Gasteiger partial charge in [0, 0.05) is 48.3 Å². The van der Waals surface area contributed by atoms with E-state index in [2.05, 4.69) is 32.1 Å². The number of nitrogens with one attached hydrogen (secondary N) is 4. The largest absolute Gasteiger partial charge is 0.378 e. The van der Waals surface area contributed by atoms with Crippen molar-refractivity contribution in [2.75, 3.05) is 26.3 Å². The first-order chi connectivity index (χ1) is 12.8. The number of hydrogen-bond donors (Lipinski definition) is 4. The van der Waals surface area contributed by atoms with Crippen LogP contribution in [0.5, 0.6) is 0 Å². The van der Waals surface area contributed by atoms with Crippen LogP contribution in [-0.2, 0) is 4.74 Å². The highest BCUT2D eigenvalue weighted by Crippen LogP contribution is 2.26. The molecule has 138 valence electrons. The third-order valence-corrected chi connectivity index (χ3v) is 5.76. The molecule has 3 aliphatic heterocycles. The van der Waals surface area contributed by atoms with Gasteiger partial charge in [-0.1, -0.05) is 18.2 Å². The molecular formula is C19H25N5O2. The second-order valence-corrected chi connectivity index (χ2v) is 7.62. The minimum Gasteiger partial charge on any atom is -0.378 e. The molecule has 7 heteroatoms. The number of rotatable bonds is 3. The van der Waals surface area contributed by atoms with Crippen molar-refractivity contribution in [2.45, 2.75) is 37.0 Å². The smallest absolute Gasteiger partial charge is 0.253 e. The molecule has 0 radical (unpaired) electrons. The Kier molecular flexibility index (Phi) is 4.17. The Morgan fingerprint density at radius 1 is 1.12 bits per heavy atom. The average molecular weight is 355 g/mol. The van der Waals surface area contributed by atoms with Crippen molar-refractivity contribution < 1.29 is 9.53 Å². The van der Waals surface area contributed by atoms with Gasteiger partial charge >= 0.3 is 0 Å². The Morgan fingerprint density at radius 2 is 1.85 bits per heavy atom. The lowest BCUT2D eigenvalue weighted by Gasteiger charge is -2.40. The molecule has 1 amide bonds. The first-order valence-electron chi connectivity index (χ1n) is 9.48. The van der Waals surface area contributed by atoms with Crippen molar-refractivity contribution >= 4 is 16.8 Å². The predicted molar refractivity (Wildman–Crippen MR) is 99.0 cm³/mol. The highest BCUT2D eigenvalue weighted by atomic mass is 16.5. The van der Waals surface area contributed by atoms with E-state index in [0.29, 0.717) is 18.1 Å². The van der Waals surface area contributed by atoms with E-state index in [9.17, 15) is 4.79 Å². The number of benzene rings is 1. The molecule has 4 N–H and O–H groups in total. The van der Waals surface area contributed by atoms with Gasteiger partial charge in [-0.3, -0.25) is 15.6 Å². The number of piperidine rings is 1. The van der Waals surface area contributed by atoms with Crippen molar-refractivity contribution in [3.63, 3.8) is 0 Å². The zero-order valence-corrected chi connectivity index (χ0v) is 14.7. The first kappa shape index (κ1) is 16.3. The number of carbonyl (C=O) groups excluding carboxylic acids is 1. The van der Waals surface area contributed by atoms with Crippen molar-refractivity contribution in [1.82, 2.24) is 26.1 Å². The molecule has 1 unspecified atom stereocenters.